The lowest BCUT2D eigenvalue weighted by Crippen LogP contribution is -2.53. The number of thiocarbonyl (C=S) groups is 1. The number of nitrogens with zero attached hydrogens (tertiary/aromatic N) is 1. The number of nitrogens with one attached hydrogen (secondary N) is 1. The van der Waals surface area contributed by atoms with E-state index in [4.69, 9.17) is 21.7 Å². The summed E-state index contributed by atoms with van der Waals surface area (Å²) >= 11 is 5.51. The quantitative estimate of drug-likeness (QED) is 0.565. The molecule has 29 heavy (non-hydrogen) atoms. The van der Waals surface area contributed by atoms with E-state index in [1.54, 1.807) is 19.1 Å². The van der Waals surface area contributed by atoms with Crippen LogP contribution in [-0.2, 0) is 25.5 Å². The lowest BCUT2D eigenvalue weighted by atomic mass is 9.89. The third kappa shape index (κ3) is 3.68. The predicted molar refractivity (Wildman–Crippen MR) is 114 cm³/mol. The van der Waals surface area contributed by atoms with Gasteiger partial charge in [0.05, 0.1) is 12.0 Å². The Morgan fingerprint density at radius 1 is 1.24 bits per heavy atom. The van der Waals surface area contributed by atoms with Crippen LogP contribution in [0.3, 0.4) is 0 Å². The Morgan fingerprint density at radius 3 is 2.72 bits per heavy atom. The molecule has 1 aromatic carbocycles. The van der Waals surface area contributed by atoms with Crippen LogP contribution in [0.4, 0.5) is 0 Å². The Balaban J connectivity index is 1.54. The van der Waals surface area contributed by atoms with E-state index in [0.717, 1.165) is 29.5 Å². The lowest BCUT2D eigenvalue weighted by molar-refractivity contribution is -0.159. The Morgan fingerprint density at radius 2 is 2.00 bits per heavy atom. The first-order valence-electron chi connectivity index (χ1n) is 10.00. The third-order valence-electron chi connectivity index (χ3n) is 6.17. The van der Waals surface area contributed by atoms with Gasteiger partial charge in [-0.15, -0.1) is 0 Å². The van der Waals surface area contributed by atoms with Crippen molar-refractivity contribution in [1.29, 1.82) is 0 Å². The highest BCUT2D eigenvalue weighted by atomic mass is 32.1. The van der Waals surface area contributed by atoms with Gasteiger partial charge in [-0.2, -0.15) is 0 Å². The molecular weight excluding hydrogens is 388 g/mol. The van der Waals surface area contributed by atoms with Crippen molar-refractivity contribution in [1.82, 2.24) is 10.2 Å². The molecule has 4 rings (SSSR count). The van der Waals surface area contributed by atoms with Gasteiger partial charge in [0.25, 0.3) is 0 Å². The molecule has 7 heteroatoms. The van der Waals surface area contributed by atoms with Gasteiger partial charge in [0.2, 0.25) is 5.91 Å². The van der Waals surface area contributed by atoms with Crippen LogP contribution in [0.15, 0.2) is 29.8 Å². The Labute approximate surface area is 176 Å². The van der Waals surface area contributed by atoms with Gasteiger partial charge >= 0.3 is 0 Å². The number of ketones is 1. The van der Waals surface area contributed by atoms with Gasteiger partial charge in [0.1, 0.15) is 6.04 Å². The van der Waals surface area contributed by atoms with Crippen molar-refractivity contribution < 1.29 is 19.1 Å². The molecule has 6 nitrogen and oxygen atoms in total. The van der Waals surface area contributed by atoms with E-state index in [1.165, 1.54) is 0 Å². The summed E-state index contributed by atoms with van der Waals surface area (Å²) < 4.78 is 10.8. The average Bonchev–Trinajstić information content (AvgIpc) is 3.46. The molecule has 2 aliphatic heterocycles. The molecule has 1 aromatic rings. The number of likely N-dealkylation sites (tertiary alicyclic amines) is 1. The number of hydrogen-bond donors (Lipinski definition) is 1. The van der Waals surface area contributed by atoms with E-state index in [1.807, 2.05) is 30.3 Å². The number of hydrogen-bond acceptors (Lipinski definition) is 6. The second-order valence-electron chi connectivity index (χ2n) is 7.79. The smallest absolute Gasteiger partial charge is 0.241 e. The number of rotatable bonds is 6. The summed E-state index contributed by atoms with van der Waals surface area (Å²) in [6.07, 6.45) is 3.75. The van der Waals surface area contributed by atoms with Crippen molar-refractivity contribution in [3.8, 4) is 0 Å². The largest absolute Gasteiger partial charge is 0.354 e. The highest BCUT2D eigenvalue weighted by Gasteiger charge is 2.47. The summed E-state index contributed by atoms with van der Waals surface area (Å²) in [5.74, 6) is -0.746. The van der Waals surface area contributed by atoms with Gasteiger partial charge in [0.15, 0.2) is 12.1 Å². The zero-order valence-electron chi connectivity index (χ0n) is 16.7. The van der Waals surface area contributed by atoms with Gasteiger partial charge in [0, 0.05) is 44.2 Å². The number of ether oxygens (including phenoxy) is 2. The zero-order chi connectivity index (χ0) is 20.5. The second-order valence-corrected chi connectivity index (χ2v) is 8.32. The van der Waals surface area contributed by atoms with Crippen LogP contribution in [0.1, 0.15) is 24.0 Å². The number of carbonyl (C=O) groups is 2. The second kappa shape index (κ2) is 8.44. The molecule has 0 saturated carbocycles. The first-order chi connectivity index (χ1) is 14.0. The molecule has 1 aliphatic carbocycles. The number of benzene rings is 1. The fourth-order valence-electron chi connectivity index (χ4n) is 4.73. The number of amides is 1. The summed E-state index contributed by atoms with van der Waals surface area (Å²) in [6, 6.07) is 7.20. The molecule has 3 atom stereocenters. The predicted octanol–water partition coefficient (Wildman–Crippen LogP) is 1.76. The minimum atomic E-state index is -0.630. The Kier molecular flexibility index (Phi) is 5.92. The van der Waals surface area contributed by atoms with Crippen LogP contribution < -0.4 is 5.32 Å². The van der Waals surface area contributed by atoms with Crippen LogP contribution in [0.5, 0.6) is 0 Å². The Bertz CT molecular complexity index is 864. The fraction of sp³-hybridized carbons (Fsp3) is 0.500. The maximum atomic E-state index is 13.4. The fourth-order valence-corrected chi connectivity index (χ4v) is 5.05. The van der Waals surface area contributed by atoms with Gasteiger partial charge < -0.3 is 19.7 Å². The topological polar surface area (TPSA) is 67.9 Å². The Hall–Kier alpha value is -1.93. The maximum absolute atomic E-state index is 13.4. The summed E-state index contributed by atoms with van der Waals surface area (Å²) in [7, 11) is 3.16. The molecule has 1 amide bonds. The van der Waals surface area contributed by atoms with Crippen LogP contribution in [0, 0.1) is 5.92 Å². The number of methoxy groups -OCH3 is 2. The molecule has 0 bridgehead atoms. The van der Waals surface area contributed by atoms with E-state index >= 15 is 0 Å². The highest BCUT2D eigenvalue weighted by Crippen LogP contribution is 2.31. The standard InChI is InChI=1S/C22H26N2O4S/c1-27-22(28-2)16-8-5-9-24(16)21(26)19-18(17(29)12-23-19)20(25)15-10-13-6-3-4-7-14(13)11-15/h3-4,6-7,10,16,18-19,22-23H,5,8-9,11-12H2,1-2H3/t16-,18?,19-/m0/s1. The summed E-state index contributed by atoms with van der Waals surface area (Å²) in [4.78, 5) is 29.2. The summed E-state index contributed by atoms with van der Waals surface area (Å²) in [5.41, 5.74) is 2.93. The molecule has 2 heterocycles. The van der Waals surface area contributed by atoms with E-state index in [0.29, 0.717) is 24.4 Å². The van der Waals surface area contributed by atoms with Crippen LogP contribution in [0.25, 0.3) is 6.08 Å². The van der Waals surface area contributed by atoms with Crippen molar-refractivity contribution in [2.45, 2.75) is 37.6 Å². The van der Waals surface area contributed by atoms with Crippen molar-refractivity contribution in [3.63, 3.8) is 0 Å². The van der Waals surface area contributed by atoms with E-state index in [-0.39, 0.29) is 17.7 Å². The van der Waals surface area contributed by atoms with Crippen molar-refractivity contribution in [2.24, 2.45) is 5.92 Å². The third-order valence-corrected chi connectivity index (χ3v) is 6.57. The molecule has 2 fully saturated rings. The first-order valence-corrected chi connectivity index (χ1v) is 10.4. The van der Waals surface area contributed by atoms with Crippen molar-refractivity contribution >= 4 is 34.8 Å². The molecule has 2 saturated heterocycles. The summed E-state index contributed by atoms with van der Waals surface area (Å²) in [5, 5.41) is 3.19. The van der Waals surface area contributed by atoms with E-state index < -0.39 is 18.2 Å². The van der Waals surface area contributed by atoms with E-state index in [9.17, 15) is 9.59 Å². The van der Waals surface area contributed by atoms with Crippen molar-refractivity contribution in [3.05, 3.63) is 41.0 Å². The van der Waals surface area contributed by atoms with Gasteiger partial charge in [-0.3, -0.25) is 9.59 Å². The normalized spacial score (nSPS) is 26.2. The molecule has 154 valence electrons. The number of allylic oxidation sites excluding steroid dienone is 1. The highest BCUT2D eigenvalue weighted by molar-refractivity contribution is 7.80. The zero-order valence-corrected chi connectivity index (χ0v) is 17.5. The first kappa shape index (κ1) is 20.3. The molecular formula is C22H26N2O4S. The lowest BCUT2D eigenvalue weighted by Gasteiger charge is -2.32. The van der Waals surface area contributed by atoms with Gasteiger partial charge in [-0.1, -0.05) is 36.5 Å². The van der Waals surface area contributed by atoms with Crippen LogP contribution >= 0.6 is 12.2 Å². The van der Waals surface area contributed by atoms with Gasteiger partial charge in [-0.05, 0) is 30.0 Å². The van der Waals surface area contributed by atoms with E-state index in [2.05, 4.69) is 5.32 Å². The molecule has 0 aromatic heterocycles. The number of fused-ring (bicyclic) bond motifs is 1. The maximum Gasteiger partial charge on any atom is 0.241 e. The number of carbonyl (C=O) groups excluding carboxylic acids is 2. The monoisotopic (exact) mass is 414 g/mol. The number of Topliss-reactive ketones (excluding diaryl/α,β-unsaturated/α-hetero) is 1. The van der Waals surface area contributed by atoms with Crippen LogP contribution in [0.2, 0.25) is 0 Å². The molecule has 0 radical (unpaired) electrons. The van der Waals surface area contributed by atoms with Crippen LogP contribution in [-0.4, -0.2) is 67.1 Å². The van der Waals surface area contributed by atoms with Gasteiger partial charge in [-0.25, -0.2) is 0 Å². The average molecular weight is 415 g/mol. The minimum absolute atomic E-state index is 0.0414. The minimum Gasteiger partial charge on any atom is -0.354 e. The molecule has 0 spiro atoms. The summed E-state index contributed by atoms with van der Waals surface area (Å²) in [6.45, 7) is 1.03. The molecule has 3 aliphatic rings. The molecule has 1 N–H and O–H groups in total. The molecule has 1 unspecified atom stereocenters. The SMILES string of the molecule is COC(OC)[C@@H]1CCCN1C(=O)[C@H]1NCC(=S)C1C(=O)C1=Cc2ccccc2C1. The van der Waals surface area contributed by atoms with Crippen molar-refractivity contribution in [2.75, 3.05) is 27.3 Å².